The van der Waals surface area contributed by atoms with Crippen LogP contribution in [0.2, 0.25) is 5.02 Å². The first-order valence-corrected chi connectivity index (χ1v) is 10.8. The standard InChI is InChI=1S/C18H28ClN3O3S/c1-14(13-22-9-5-4-6-10-22)12-20-18(23)15-7-8-16(19)17(11-15)26(24,25)21(2)3/h7-8,11,14H,4-6,9-10,12-13H2,1-3H3,(H,20,23). The molecule has 1 N–H and O–H groups in total. The zero-order chi connectivity index (χ0) is 19.3. The second-order valence-electron chi connectivity index (χ2n) is 7.11. The van der Waals surface area contributed by atoms with Gasteiger partial charge in [-0.1, -0.05) is 24.9 Å². The van der Waals surface area contributed by atoms with Gasteiger partial charge in [-0.25, -0.2) is 12.7 Å². The van der Waals surface area contributed by atoms with Gasteiger partial charge in [0.05, 0.1) is 5.02 Å². The first kappa shape index (κ1) is 21.2. The highest BCUT2D eigenvalue weighted by molar-refractivity contribution is 7.89. The third-order valence-electron chi connectivity index (χ3n) is 4.58. The summed E-state index contributed by atoms with van der Waals surface area (Å²) in [5.41, 5.74) is 0.292. The molecule has 8 heteroatoms. The third-order valence-corrected chi connectivity index (χ3v) is 6.88. The van der Waals surface area contributed by atoms with Crippen molar-refractivity contribution in [1.82, 2.24) is 14.5 Å². The van der Waals surface area contributed by atoms with E-state index in [9.17, 15) is 13.2 Å². The van der Waals surface area contributed by atoms with E-state index in [0.717, 1.165) is 23.9 Å². The van der Waals surface area contributed by atoms with E-state index in [1.54, 1.807) is 6.07 Å². The number of amides is 1. The minimum atomic E-state index is -3.70. The monoisotopic (exact) mass is 401 g/mol. The van der Waals surface area contributed by atoms with E-state index in [4.69, 9.17) is 11.6 Å². The fourth-order valence-corrected chi connectivity index (χ4v) is 4.45. The van der Waals surface area contributed by atoms with Crippen molar-refractivity contribution in [2.45, 2.75) is 31.1 Å². The highest BCUT2D eigenvalue weighted by Gasteiger charge is 2.22. The van der Waals surface area contributed by atoms with Crippen LogP contribution < -0.4 is 5.32 Å². The van der Waals surface area contributed by atoms with Gasteiger partial charge in [0.2, 0.25) is 10.0 Å². The molecule has 1 unspecified atom stereocenters. The Morgan fingerprint density at radius 1 is 1.27 bits per heavy atom. The molecule has 2 rings (SSSR count). The molecule has 1 aliphatic heterocycles. The molecule has 1 aromatic rings. The van der Waals surface area contributed by atoms with E-state index >= 15 is 0 Å². The number of nitrogens with one attached hydrogen (secondary N) is 1. The lowest BCUT2D eigenvalue weighted by molar-refractivity contribution is 0.0942. The Balaban J connectivity index is 1.99. The van der Waals surface area contributed by atoms with Gasteiger partial charge in [-0.2, -0.15) is 0 Å². The van der Waals surface area contributed by atoms with Crippen LogP contribution in [0.3, 0.4) is 0 Å². The van der Waals surface area contributed by atoms with Gasteiger partial charge in [-0.05, 0) is 50.0 Å². The van der Waals surface area contributed by atoms with E-state index in [1.807, 2.05) is 0 Å². The largest absolute Gasteiger partial charge is 0.352 e. The summed E-state index contributed by atoms with van der Waals surface area (Å²) in [6.07, 6.45) is 3.79. The maximum atomic E-state index is 12.4. The van der Waals surface area contributed by atoms with Crippen LogP contribution in [0.15, 0.2) is 23.1 Å². The van der Waals surface area contributed by atoms with E-state index < -0.39 is 10.0 Å². The molecule has 0 bridgehead atoms. The molecule has 146 valence electrons. The molecule has 26 heavy (non-hydrogen) atoms. The summed E-state index contributed by atoms with van der Waals surface area (Å²) in [5, 5.41) is 3.00. The van der Waals surface area contributed by atoms with E-state index in [2.05, 4.69) is 17.1 Å². The van der Waals surface area contributed by atoms with Gasteiger partial charge in [0, 0.05) is 32.7 Å². The lowest BCUT2D eigenvalue weighted by atomic mass is 10.1. The first-order valence-electron chi connectivity index (χ1n) is 8.94. The van der Waals surface area contributed by atoms with Crippen LogP contribution in [0.1, 0.15) is 36.5 Å². The second kappa shape index (κ2) is 9.17. The van der Waals surface area contributed by atoms with Crippen molar-refractivity contribution in [3.8, 4) is 0 Å². The van der Waals surface area contributed by atoms with E-state index in [-0.39, 0.29) is 15.8 Å². The summed E-state index contributed by atoms with van der Waals surface area (Å²) in [6.45, 7) is 5.87. The van der Waals surface area contributed by atoms with Crippen molar-refractivity contribution in [1.29, 1.82) is 0 Å². The molecule has 0 spiro atoms. The average Bonchev–Trinajstić information content (AvgIpc) is 2.60. The van der Waals surface area contributed by atoms with E-state index in [0.29, 0.717) is 18.0 Å². The van der Waals surface area contributed by atoms with Crippen molar-refractivity contribution >= 4 is 27.5 Å². The van der Waals surface area contributed by atoms with Gasteiger partial charge in [0.25, 0.3) is 5.91 Å². The summed E-state index contributed by atoms with van der Waals surface area (Å²) < 4.78 is 25.7. The molecule has 6 nitrogen and oxygen atoms in total. The fraction of sp³-hybridized carbons (Fsp3) is 0.611. The molecular weight excluding hydrogens is 374 g/mol. The normalized spacial score (nSPS) is 17.3. The number of rotatable bonds is 7. The molecule has 1 aromatic carbocycles. The van der Waals surface area contributed by atoms with Crippen LogP contribution in [0.4, 0.5) is 0 Å². The minimum Gasteiger partial charge on any atom is -0.352 e. The van der Waals surface area contributed by atoms with Crippen molar-refractivity contribution in [2.24, 2.45) is 5.92 Å². The summed E-state index contributed by atoms with van der Waals surface area (Å²) in [4.78, 5) is 14.8. The number of benzene rings is 1. The zero-order valence-corrected chi connectivity index (χ0v) is 17.2. The van der Waals surface area contributed by atoms with Crippen LogP contribution in [0.25, 0.3) is 0 Å². The summed E-state index contributed by atoms with van der Waals surface area (Å²) in [6, 6.07) is 4.33. The number of hydrogen-bond acceptors (Lipinski definition) is 4. The predicted molar refractivity (Wildman–Crippen MR) is 104 cm³/mol. The summed E-state index contributed by atoms with van der Waals surface area (Å²) in [7, 11) is -0.837. The third kappa shape index (κ3) is 5.42. The van der Waals surface area contributed by atoms with Gasteiger partial charge < -0.3 is 10.2 Å². The average molecular weight is 402 g/mol. The summed E-state index contributed by atoms with van der Waals surface area (Å²) >= 11 is 6.02. The maximum absolute atomic E-state index is 12.4. The van der Waals surface area contributed by atoms with Crippen LogP contribution in [-0.4, -0.2) is 63.8 Å². The number of nitrogens with zero attached hydrogens (tertiary/aromatic N) is 2. The lowest BCUT2D eigenvalue weighted by Gasteiger charge is -2.29. The molecule has 0 aliphatic carbocycles. The number of sulfonamides is 1. The molecule has 1 atom stereocenters. The molecule has 0 saturated carbocycles. The quantitative estimate of drug-likeness (QED) is 0.761. The Kier molecular flexibility index (Phi) is 7.46. The van der Waals surface area contributed by atoms with Crippen molar-refractivity contribution in [2.75, 3.05) is 40.3 Å². The number of likely N-dealkylation sites (tertiary alicyclic amines) is 1. The van der Waals surface area contributed by atoms with Crippen molar-refractivity contribution in [3.05, 3.63) is 28.8 Å². The Morgan fingerprint density at radius 3 is 2.54 bits per heavy atom. The number of piperidine rings is 1. The Bertz CT molecular complexity index is 731. The smallest absolute Gasteiger partial charge is 0.251 e. The summed E-state index contributed by atoms with van der Waals surface area (Å²) in [5.74, 6) is 0.0386. The molecule has 0 aromatic heterocycles. The highest BCUT2D eigenvalue weighted by Crippen LogP contribution is 2.24. The fourth-order valence-electron chi connectivity index (χ4n) is 3.06. The maximum Gasteiger partial charge on any atom is 0.251 e. The predicted octanol–water partition coefficient (Wildman–Crippen LogP) is 2.44. The Morgan fingerprint density at radius 2 is 1.92 bits per heavy atom. The van der Waals surface area contributed by atoms with Crippen LogP contribution >= 0.6 is 11.6 Å². The van der Waals surface area contributed by atoms with Gasteiger partial charge in [0.15, 0.2) is 0 Å². The first-order chi connectivity index (χ1) is 12.2. The number of carbonyl (C=O) groups is 1. The molecule has 1 heterocycles. The zero-order valence-electron chi connectivity index (χ0n) is 15.7. The minimum absolute atomic E-state index is 0.0572. The van der Waals surface area contributed by atoms with Gasteiger partial charge in [-0.15, -0.1) is 0 Å². The SMILES string of the molecule is CC(CNC(=O)c1ccc(Cl)c(S(=O)(=O)N(C)C)c1)CN1CCCCC1. The van der Waals surface area contributed by atoms with Gasteiger partial charge in [-0.3, -0.25) is 4.79 Å². The Labute approximate surface area is 161 Å². The highest BCUT2D eigenvalue weighted by atomic mass is 35.5. The van der Waals surface area contributed by atoms with E-state index in [1.165, 1.54) is 45.5 Å². The van der Waals surface area contributed by atoms with Crippen LogP contribution in [0.5, 0.6) is 0 Å². The molecular formula is C18H28ClN3O3S. The van der Waals surface area contributed by atoms with Gasteiger partial charge >= 0.3 is 0 Å². The Hall–Kier alpha value is -1.15. The molecule has 1 fully saturated rings. The second-order valence-corrected chi connectivity index (χ2v) is 9.64. The number of carbonyl (C=O) groups excluding carboxylic acids is 1. The van der Waals surface area contributed by atoms with Crippen LogP contribution in [-0.2, 0) is 10.0 Å². The number of hydrogen-bond donors (Lipinski definition) is 1. The van der Waals surface area contributed by atoms with Crippen molar-refractivity contribution < 1.29 is 13.2 Å². The van der Waals surface area contributed by atoms with Crippen molar-refractivity contribution in [3.63, 3.8) is 0 Å². The lowest BCUT2D eigenvalue weighted by Crippen LogP contribution is -2.38. The molecule has 1 amide bonds. The topological polar surface area (TPSA) is 69.7 Å². The molecule has 1 saturated heterocycles. The molecule has 1 aliphatic rings. The van der Waals surface area contributed by atoms with Gasteiger partial charge in [0.1, 0.15) is 4.90 Å². The number of halogens is 1. The molecule has 0 radical (unpaired) electrons. The van der Waals surface area contributed by atoms with Crippen LogP contribution in [0, 0.1) is 5.92 Å².